The molecule has 0 saturated carbocycles. The Morgan fingerprint density at radius 1 is 1.57 bits per heavy atom. The number of ether oxygens (including phenoxy) is 1. The second-order valence-electron chi connectivity index (χ2n) is 2.50. The Balaban J connectivity index is 2.79. The van der Waals surface area contributed by atoms with Crippen LogP contribution in [-0.4, -0.2) is 23.6 Å². The molecule has 0 unspecified atom stereocenters. The molecular formula is C9H12ClN3O. The second kappa shape index (κ2) is 5.44. The van der Waals surface area contributed by atoms with E-state index in [4.69, 9.17) is 16.3 Å². The number of hydrogen-bond donors (Lipinski definition) is 1. The van der Waals surface area contributed by atoms with Crippen LogP contribution >= 0.6 is 11.6 Å². The SMILES string of the molecule is C/C=C/CNc1ncnc(Cl)c1OC. The highest BCUT2D eigenvalue weighted by Gasteiger charge is 2.08. The number of hydrogen-bond acceptors (Lipinski definition) is 4. The molecule has 5 heteroatoms. The highest BCUT2D eigenvalue weighted by molar-refractivity contribution is 6.31. The minimum atomic E-state index is 0.311. The second-order valence-corrected chi connectivity index (χ2v) is 2.85. The highest BCUT2D eigenvalue weighted by Crippen LogP contribution is 2.27. The van der Waals surface area contributed by atoms with Crippen LogP contribution in [0.15, 0.2) is 18.5 Å². The van der Waals surface area contributed by atoms with E-state index in [2.05, 4.69) is 15.3 Å². The van der Waals surface area contributed by atoms with E-state index in [1.807, 2.05) is 19.1 Å². The van der Waals surface area contributed by atoms with Gasteiger partial charge in [0.2, 0.25) is 0 Å². The molecule has 0 amide bonds. The van der Waals surface area contributed by atoms with Gasteiger partial charge in [0.05, 0.1) is 7.11 Å². The zero-order valence-corrected chi connectivity index (χ0v) is 8.88. The predicted molar refractivity (Wildman–Crippen MR) is 56.9 cm³/mol. The predicted octanol–water partition coefficient (Wildman–Crippen LogP) is 2.13. The molecule has 0 aliphatic rings. The van der Waals surface area contributed by atoms with Gasteiger partial charge < -0.3 is 10.1 Å². The van der Waals surface area contributed by atoms with Crippen molar-refractivity contribution in [1.82, 2.24) is 9.97 Å². The summed E-state index contributed by atoms with van der Waals surface area (Å²) < 4.78 is 5.06. The summed E-state index contributed by atoms with van der Waals surface area (Å²) >= 11 is 5.81. The maximum Gasteiger partial charge on any atom is 0.198 e. The van der Waals surface area contributed by atoms with Gasteiger partial charge in [0.15, 0.2) is 16.7 Å². The van der Waals surface area contributed by atoms with Gasteiger partial charge in [0, 0.05) is 6.54 Å². The van der Waals surface area contributed by atoms with Gasteiger partial charge in [0.1, 0.15) is 6.33 Å². The van der Waals surface area contributed by atoms with E-state index in [1.165, 1.54) is 13.4 Å². The van der Waals surface area contributed by atoms with Crippen molar-refractivity contribution in [3.05, 3.63) is 23.6 Å². The number of rotatable bonds is 4. The molecule has 14 heavy (non-hydrogen) atoms. The molecule has 0 saturated heterocycles. The third kappa shape index (κ3) is 2.60. The quantitative estimate of drug-likeness (QED) is 0.615. The summed E-state index contributed by atoms with van der Waals surface area (Å²) in [6, 6.07) is 0. The Hall–Kier alpha value is -1.29. The fourth-order valence-corrected chi connectivity index (χ4v) is 1.14. The van der Waals surface area contributed by atoms with Crippen molar-refractivity contribution in [3.63, 3.8) is 0 Å². The van der Waals surface area contributed by atoms with E-state index in [0.29, 0.717) is 23.3 Å². The minimum Gasteiger partial charge on any atom is -0.490 e. The molecule has 0 aromatic carbocycles. The molecule has 1 N–H and O–H groups in total. The van der Waals surface area contributed by atoms with Crippen LogP contribution in [0.2, 0.25) is 5.15 Å². The topological polar surface area (TPSA) is 47.0 Å². The molecule has 0 atom stereocenters. The summed E-state index contributed by atoms with van der Waals surface area (Å²) in [6.07, 6.45) is 5.31. The molecule has 4 nitrogen and oxygen atoms in total. The molecule has 0 spiro atoms. The number of halogens is 1. The monoisotopic (exact) mass is 213 g/mol. The summed E-state index contributed by atoms with van der Waals surface area (Å²) in [4.78, 5) is 7.83. The van der Waals surface area contributed by atoms with Crippen molar-refractivity contribution in [1.29, 1.82) is 0 Å². The summed E-state index contributed by atoms with van der Waals surface area (Å²) in [5.41, 5.74) is 0. The maximum atomic E-state index is 5.81. The van der Waals surface area contributed by atoms with Crippen LogP contribution in [0.4, 0.5) is 5.82 Å². The molecule has 1 rings (SSSR count). The molecule has 1 heterocycles. The van der Waals surface area contributed by atoms with Crippen molar-refractivity contribution in [2.45, 2.75) is 6.92 Å². The average Bonchev–Trinajstić information content (AvgIpc) is 2.18. The molecule has 1 aromatic heterocycles. The Morgan fingerprint density at radius 2 is 2.36 bits per heavy atom. The Labute approximate surface area is 88.0 Å². The first-order valence-electron chi connectivity index (χ1n) is 4.19. The summed E-state index contributed by atoms with van der Waals surface area (Å²) in [5.74, 6) is 1.07. The largest absolute Gasteiger partial charge is 0.490 e. The molecule has 76 valence electrons. The maximum absolute atomic E-state index is 5.81. The summed E-state index contributed by atoms with van der Waals surface area (Å²) in [6.45, 7) is 2.63. The van der Waals surface area contributed by atoms with Crippen molar-refractivity contribution < 1.29 is 4.74 Å². The lowest BCUT2D eigenvalue weighted by Gasteiger charge is -2.08. The fraction of sp³-hybridized carbons (Fsp3) is 0.333. The number of allylic oxidation sites excluding steroid dienone is 1. The first-order valence-corrected chi connectivity index (χ1v) is 4.57. The number of nitrogens with one attached hydrogen (secondary N) is 1. The molecule has 0 fully saturated rings. The molecule has 0 bridgehead atoms. The van der Waals surface area contributed by atoms with Crippen molar-refractivity contribution in [2.24, 2.45) is 0 Å². The van der Waals surface area contributed by atoms with E-state index < -0.39 is 0 Å². The Kier molecular flexibility index (Phi) is 4.19. The molecule has 0 aliphatic heterocycles. The lowest BCUT2D eigenvalue weighted by molar-refractivity contribution is 0.413. The van der Waals surface area contributed by atoms with Gasteiger partial charge in [-0.15, -0.1) is 0 Å². The highest BCUT2D eigenvalue weighted by atomic mass is 35.5. The number of methoxy groups -OCH3 is 1. The van der Waals surface area contributed by atoms with Crippen LogP contribution in [0.25, 0.3) is 0 Å². The first-order chi connectivity index (χ1) is 6.79. The van der Waals surface area contributed by atoms with Crippen LogP contribution in [0.1, 0.15) is 6.92 Å². The van der Waals surface area contributed by atoms with Gasteiger partial charge in [-0.1, -0.05) is 23.8 Å². The molecular weight excluding hydrogens is 202 g/mol. The zero-order valence-electron chi connectivity index (χ0n) is 8.12. The molecule has 0 aliphatic carbocycles. The average molecular weight is 214 g/mol. The zero-order chi connectivity index (χ0) is 10.4. The van der Waals surface area contributed by atoms with Crippen molar-refractivity contribution >= 4 is 17.4 Å². The van der Waals surface area contributed by atoms with E-state index in [-0.39, 0.29) is 0 Å². The van der Waals surface area contributed by atoms with Crippen LogP contribution in [0.5, 0.6) is 5.75 Å². The summed E-state index contributed by atoms with van der Waals surface area (Å²) in [5, 5.41) is 3.37. The van der Waals surface area contributed by atoms with Gasteiger partial charge in [-0.2, -0.15) is 0 Å². The Morgan fingerprint density at radius 3 is 3.00 bits per heavy atom. The van der Waals surface area contributed by atoms with Gasteiger partial charge >= 0.3 is 0 Å². The van der Waals surface area contributed by atoms with Crippen molar-refractivity contribution in [3.8, 4) is 5.75 Å². The Bertz CT molecular complexity index is 328. The van der Waals surface area contributed by atoms with Crippen LogP contribution in [0, 0.1) is 0 Å². The number of nitrogens with zero attached hydrogens (tertiary/aromatic N) is 2. The van der Waals surface area contributed by atoms with Gasteiger partial charge in [-0.25, -0.2) is 9.97 Å². The van der Waals surface area contributed by atoms with E-state index in [1.54, 1.807) is 0 Å². The third-order valence-electron chi connectivity index (χ3n) is 1.59. The molecule has 1 aromatic rings. The van der Waals surface area contributed by atoms with E-state index in [0.717, 1.165) is 0 Å². The van der Waals surface area contributed by atoms with Gasteiger partial charge in [-0.05, 0) is 6.92 Å². The van der Waals surface area contributed by atoms with E-state index >= 15 is 0 Å². The van der Waals surface area contributed by atoms with Crippen LogP contribution < -0.4 is 10.1 Å². The standard InChI is InChI=1S/C9H12ClN3O/c1-3-4-5-11-9-7(14-2)8(10)12-6-13-9/h3-4,6H,5H2,1-2H3,(H,11,12,13)/b4-3+. The van der Waals surface area contributed by atoms with Gasteiger partial charge in [-0.3, -0.25) is 0 Å². The first kappa shape index (κ1) is 10.8. The number of anilines is 1. The minimum absolute atomic E-state index is 0.311. The smallest absolute Gasteiger partial charge is 0.198 e. The van der Waals surface area contributed by atoms with Crippen LogP contribution in [-0.2, 0) is 0 Å². The lowest BCUT2D eigenvalue weighted by Crippen LogP contribution is -2.03. The molecule has 0 radical (unpaired) electrons. The third-order valence-corrected chi connectivity index (χ3v) is 1.86. The van der Waals surface area contributed by atoms with E-state index in [9.17, 15) is 0 Å². The van der Waals surface area contributed by atoms with Gasteiger partial charge in [0.25, 0.3) is 0 Å². The van der Waals surface area contributed by atoms with Crippen LogP contribution in [0.3, 0.4) is 0 Å². The normalized spacial score (nSPS) is 10.5. The number of aromatic nitrogens is 2. The lowest BCUT2D eigenvalue weighted by atomic mass is 10.4. The van der Waals surface area contributed by atoms with Crippen molar-refractivity contribution in [2.75, 3.05) is 19.0 Å². The summed E-state index contributed by atoms with van der Waals surface area (Å²) in [7, 11) is 1.53. The fourth-order valence-electron chi connectivity index (χ4n) is 0.933.